The molecule has 1 aromatic rings. The van der Waals surface area contributed by atoms with Crippen LogP contribution in [0.25, 0.3) is 0 Å². The van der Waals surface area contributed by atoms with Gasteiger partial charge in [0.05, 0.1) is 0 Å². The van der Waals surface area contributed by atoms with Gasteiger partial charge in [-0.15, -0.1) is 0 Å². The lowest BCUT2D eigenvalue weighted by atomic mass is 9.97. The fraction of sp³-hybridized carbons (Fsp3) is 0.625. The van der Waals surface area contributed by atoms with Crippen LogP contribution in [0.1, 0.15) is 58.1 Å². The Labute approximate surface area is 119 Å². The fourth-order valence-corrected chi connectivity index (χ4v) is 2.23. The monoisotopic (exact) mass is 287 g/mol. The van der Waals surface area contributed by atoms with Gasteiger partial charge >= 0.3 is 0 Å². The van der Waals surface area contributed by atoms with Gasteiger partial charge in [0.2, 0.25) is 0 Å². The fourth-order valence-electron chi connectivity index (χ4n) is 2.23. The van der Waals surface area contributed by atoms with Gasteiger partial charge in [0, 0.05) is 11.6 Å². The molecule has 0 spiro atoms. The Kier molecular flexibility index (Phi) is 7.06. The normalized spacial score (nSPS) is 12.9. The highest BCUT2D eigenvalue weighted by atomic mass is 19.2. The van der Waals surface area contributed by atoms with Crippen molar-refractivity contribution in [2.24, 2.45) is 5.92 Å². The number of hydrogen-bond donors (Lipinski definition) is 1. The summed E-state index contributed by atoms with van der Waals surface area (Å²) in [5, 5.41) is 3.22. The van der Waals surface area contributed by atoms with Crippen LogP contribution < -0.4 is 5.32 Å². The summed E-state index contributed by atoms with van der Waals surface area (Å²) in [6.45, 7) is 7.00. The predicted octanol–water partition coefficient (Wildman–Crippen LogP) is 4.97. The molecule has 0 aromatic heterocycles. The molecule has 0 bridgehead atoms. The quantitative estimate of drug-likeness (QED) is 0.666. The molecule has 1 nitrogen and oxygen atoms in total. The number of hydrogen-bond acceptors (Lipinski definition) is 1. The topological polar surface area (TPSA) is 12.0 Å². The Balaban J connectivity index is 2.84. The first-order valence-electron chi connectivity index (χ1n) is 7.34. The van der Waals surface area contributed by atoms with Crippen molar-refractivity contribution in [3.63, 3.8) is 0 Å². The van der Waals surface area contributed by atoms with Crippen LogP contribution in [0.4, 0.5) is 13.2 Å². The number of benzene rings is 1. The summed E-state index contributed by atoms with van der Waals surface area (Å²) in [4.78, 5) is 0. The van der Waals surface area contributed by atoms with Crippen molar-refractivity contribution in [2.45, 2.75) is 52.5 Å². The number of halogens is 3. The van der Waals surface area contributed by atoms with E-state index in [9.17, 15) is 13.2 Å². The van der Waals surface area contributed by atoms with E-state index >= 15 is 0 Å². The van der Waals surface area contributed by atoms with Crippen LogP contribution in [-0.2, 0) is 0 Å². The molecule has 0 saturated carbocycles. The van der Waals surface area contributed by atoms with E-state index in [1.807, 2.05) is 6.92 Å². The third kappa shape index (κ3) is 4.82. The highest BCUT2D eigenvalue weighted by Gasteiger charge is 2.20. The first kappa shape index (κ1) is 17.0. The van der Waals surface area contributed by atoms with E-state index in [-0.39, 0.29) is 11.6 Å². The molecule has 0 aliphatic carbocycles. The molecule has 1 unspecified atom stereocenters. The molecule has 1 rings (SSSR count). The zero-order chi connectivity index (χ0) is 15.1. The van der Waals surface area contributed by atoms with Crippen molar-refractivity contribution in [1.29, 1.82) is 0 Å². The summed E-state index contributed by atoms with van der Waals surface area (Å²) in [5.41, 5.74) is 0.223. The minimum atomic E-state index is -1.38. The SMILES string of the molecule is CCCNC(CCCC(C)C)c1ccc(F)c(F)c1F. The lowest BCUT2D eigenvalue weighted by molar-refractivity contribution is 0.404. The Morgan fingerprint density at radius 1 is 1.05 bits per heavy atom. The molecule has 1 atom stereocenters. The van der Waals surface area contributed by atoms with Crippen molar-refractivity contribution < 1.29 is 13.2 Å². The Morgan fingerprint density at radius 3 is 2.35 bits per heavy atom. The Morgan fingerprint density at radius 2 is 1.75 bits per heavy atom. The van der Waals surface area contributed by atoms with Crippen LogP contribution in [0, 0.1) is 23.4 Å². The summed E-state index contributed by atoms with van der Waals surface area (Å²) in [7, 11) is 0. The summed E-state index contributed by atoms with van der Waals surface area (Å²) >= 11 is 0. The van der Waals surface area contributed by atoms with Gasteiger partial charge in [0.1, 0.15) is 0 Å². The van der Waals surface area contributed by atoms with E-state index < -0.39 is 17.5 Å². The second kappa shape index (κ2) is 8.30. The molecule has 1 aromatic carbocycles. The van der Waals surface area contributed by atoms with E-state index in [1.54, 1.807) is 0 Å². The molecular formula is C16H24F3N. The standard InChI is InChI=1S/C16H24F3N/c1-4-10-20-14(7-5-6-11(2)3)12-8-9-13(17)16(19)15(12)18/h8-9,11,14,20H,4-7,10H2,1-3H3. The maximum absolute atomic E-state index is 13.9. The van der Waals surface area contributed by atoms with Gasteiger partial charge < -0.3 is 5.32 Å². The Hall–Kier alpha value is -1.03. The first-order chi connectivity index (χ1) is 9.47. The lowest BCUT2D eigenvalue weighted by Gasteiger charge is -2.20. The zero-order valence-electron chi connectivity index (χ0n) is 12.5. The minimum Gasteiger partial charge on any atom is -0.310 e. The zero-order valence-corrected chi connectivity index (χ0v) is 12.5. The van der Waals surface area contributed by atoms with Crippen LogP contribution in [0.15, 0.2) is 12.1 Å². The summed E-state index contributed by atoms with van der Waals surface area (Å²) < 4.78 is 40.2. The second-order valence-corrected chi connectivity index (χ2v) is 5.60. The van der Waals surface area contributed by atoms with Crippen LogP contribution >= 0.6 is 0 Å². The largest absolute Gasteiger partial charge is 0.310 e. The van der Waals surface area contributed by atoms with Gasteiger partial charge in [-0.1, -0.05) is 39.7 Å². The third-order valence-corrected chi connectivity index (χ3v) is 3.36. The van der Waals surface area contributed by atoms with Gasteiger partial charge in [-0.25, -0.2) is 13.2 Å². The van der Waals surface area contributed by atoms with Crippen molar-refractivity contribution in [3.8, 4) is 0 Å². The smallest absolute Gasteiger partial charge is 0.194 e. The van der Waals surface area contributed by atoms with Crippen LogP contribution in [0.3, 0.4) is 0 Å². The first-order valence-corrected chi connectivity index (χ1v) is 7.34. The van der Waals surface area contributed by atoms with Crippen LogP contribution in [0.2, 0.25) is 0 Å². The molecule has 20 heavy (non-hydrogen) atoms. The molecular weight excluding hydrogens is 263 g/mol. The molecule has 114 valence electrons. The van der Waals surface area contributed by atoms with E-state index in [0.29, 0.717) is 5.92 Å². The number of nitrogens with one attached hydrogen (secondary N) is 1. The molecule has 0 fully saturated rings. The molecule has 0 heterocycles. The van der Waals surface area contributed by atoms with E-state index in [0.717, 1.165) is 38.3 Å². The maximum Gasteiger partial charge on any atom is 0.194 e. The van der Waals surface area contributed by atoms with E-state index in [1.165, 1.54) is 6.07 Å². The van der Waals surface area contributed by atoms with Gasteiger partial charge in [0.15, 0.2) is 17.5 Å². The molecule has 4 heteroatoms. The van der Waals surface area contributed by atoms with Crippen LogP contribution in [0.5, 0.6) is 0 Å². The minimum absolute atomic E-state index is 0.223. The molecule has 0 saturated heterocycles. The third-order valence-electron chi connectivity index (χ3n) is 3.36. The molecule has 0 amide bonds. The Bertz CT molecular complexity index is 418. The highest BCUT2D eigenvalue weighted by Crippen LogP contribution is 2.26. The summed E-state index contributed by atoms with van der Waals surface area (Å²) in [6, 6.07) is 2.08. The molecule has 0 aliphatic rings. The van der Waals surface area contributed by atoms with Crippen molar-refractivity contribution in [3.05, 3.63) is 35.1 Å². The van der Waals surface area contributed by atoms with Crippen molar-refractivity contribution in [1.82, 2.24) is 5.32 Å². The second-order valence-electron chi connectivity index (χ2n) is 5.60. The number of rotatable bonds is 8. The lowest BCUT2D eigenvalue weighted by Crippen LogP contribution is -2.23. The molecule has 0 radical (unpaired) electrons. The molecule has 1 N–H and O–H groups in total. The van der Waals surface area contributed by atoms with Crippen molar-refractivity contribution >= 4 is 0 Å². The van der Waals surface area contributed by atoms with Gasteiger partial charge in [-0.05, 0) is 31.4 Å². The highest BCUT2D eigenvalue weighted by molar-refractivity contribution is 5.23. The maximum atomic E-state index is 13.9. The van der Waals surface area contributed by atoms with E-state index in [4.69, 9.17) is 0 Å². The summed E-state index contributed by atoms with van der Waals surface area (Å²) in [6.07, 6.45) is 3.60. The van der Waals surface area contributed by atoms with Gasteiger partial charge in [-0.3, -0.25) is 0 Å². The average Bonchev–Trinajstić information content (AvgIpc) is 2.40. The van der Waals surface area contributed by atoms with Crippen LogP contribution in [-0.4, -0.2) is 6.54 Å². The van der Waals surface area contributed by atoms with E-state index in [2.05, 4.69) is 19.2 Å². The van der Waals surface area contributed by atoms with Crippen molar-refractivity contribution in [2.75, 3.05) is 6.54 Å². The predicted molar refractivity (Wildman–Crippen MR) is 76.0 cm³/mol. The van der Waals surface area contributed by atoms with Gasteiger partial charge in [-0.2, -0.15) is 0 Å². The summed E-state index contributed by atoms with van der Waals surface area (Å²) in [5.74, 6) is -3.00. The molecule has 0 aliphatic heterocycles. The average molecular weight is 287 g/mol. The van der Waals surface area contributed by atoms with Gasteiger partial charge in [0.25, 0.3) is 0 Å².